The summed E-state index contributed by atoms with van der Waals surface area (Å²) in [7, 11) is 0. The molecule has 1 heterocycles. The van der Waals surface area contributed by atoms with E-state index in [0.717, 1.165) is 23.3 Å². The van der Waals surface area contributed by atoms with Crippen LogP contribution >= 0.6 is 23.2 Å². The summed E-state index contributed by atoms with van der Waals surface area (Å²) in [5, 5.41) is 3.93. The van der Waals surface area contributed by atoms with Crippen molar-refractivity contribution in [2.24, 2.45) is 0 Å². The molecule has 1 aromatic heterocycles. The Bertz CT molecular complexity index is 987. The molecule has 0 amide bonds. The van der Waals surface area contributed by atoms with Crippen molar-refractivity contribution in [1.29, 1.82) is 0 Å². The lowest BCUT2D eigenvalue weighted by Gasteiger charge is -2.12. The van der Waals surface area contributed by atoms with Crippen LogP contribution in [0.4, 0.5) is 13.2 Å². The largest absolute Gasteiger partial charge is 0.416 e. The summed E-state index contributed by atoms with van der Waals surface area (Å²) in [4.78, 5) is 0. The molecule has 2 nitrogen and oxygen atoms in total. The third kappa shape index (κ3) is 4.04. The van der Waals surface area contributed by atoms with Gasteiger partial charge in [-0.05, 0) is 43.2 Å². The number of hydrogen-bond donors (Lipinski definition) is 0. The van der Waals surface area contributed by atoms with E-state index < -0.39 is 11.7 Å². The van der Waals surface area contributed by atoms with E-state index in [9.17, 15) is 13.2 Å². The highest BCUT2D eigenvalue weighted by Gasteiger charge is 2.32. The molecule has 0 aliphatic carbocycles. The maximum absolute atomic E-state index is 12.8. The zero-order valence-corrected chi connectivity index (χ0v) is 14.9. The summed E-state index contributed by atoms with van der Waals surface area (Å²) in [5.74, 6) is 5.87. The molecular weight excluding hydrogens is 384 g/mol. The highest BCUT2D eigenvalue weighted by molar-refractivity contribution is 6.37. The van der Waals surface area contributed by atoms with Gasteiger partial charge in [0.15, 0.2) is 0 Å². The minimum Gasteiger partial charge on any atom is -0.237 e. The van der Waals surface area contributed by atoms with Crippen LogP contribution in [0.25, 0.3) is 5.69 Å². The van der Waals surface area contributed by atoms with Gasteiger partial charge in [0.1, 0.15) is 11.4 Å². The van der Waals surface area contributed by atoms with Crippen LogP contribution in [0.2, 0.25) is 10.0 Å². The van der Waals surface area contributed by atoms with Crippen molar-refractivity contribution < 1.29 is 13.2 Å². The van der Waals surface area contributed by atoms with Gasteiger partial charge in [0.25, 0.3) is 0 Å². The molecule has 0 saturated heterocycles. The molecular formula is C19H11Cl2F3N2. The van der Waals surface area contributed by atoms with E-state index >= 15 is 0 Å². The third-order valence-electron chi connectivity index (χ3n) is 3.55. The average molecular weight is 395 g/mol. The Morgan fingerprint density at radius 2 is 1.58 bits per heavy atom. The Morgan fingerprint density at radius 1 is 0.962 bits per heavy atom. The summed E-state index contributed by atoms with van der Waals surface area (Å²) < 4.78 is 39.8. The van der Waals surface area contributed by atoms with Crippen molar-refractivity contribution >= 4 is 23.2 Å². The molecule has 0 aliphatic rings. The molecule has 132 valence electrons. The molecule has 0 fully saturated rings. The van der Waals surface area contributed by atoms with E-state index in [1.165, 1.54) is 4.68 Å². The van der Waals surface area contributed by atoms with E-state index in [1.54, 1.807) is 12.3 Å². The lowest BCUT2D eigenvalue weighted by Crippen LogP contribution is -2.07. The highest BCUT2D eigenvalue weighted by Crippen LogP contribution is 2.37. The minimum absolute atomic E-state index is 0.147. The van der Waals surface area contributed by atoms with Crippen LogP contribution in [0, 0.1) is 18.8 Å². The first-order valence-corrected chi connectivity index (χ1v) is 8.20. The Balaban J connectivity index is 1.92. The van der Waals surface area contributed by atoms with Gasteiger partial charge in [-0.2, -0.15) is 18.3 Å². The van der Waals surface area contributed by atoms with Crippen LogP contribution in [-0.4, -0.2) is 9.78 Å². The zero-order valence-electron chi connectivity index (χ0n) is 13.4. The summed E-state index contributed by atoms with van der Waals surface area (Å²) in [6.07, 6.45) is -2.99. The van der Waals surface area contributed by atoms with E-state index in [0.29, 0.717) is 5.69 Å². The van der Waals surface area contributed by atoms with Gasteiger partial charge in [-0.3, -0.25) is 0 Å². The van der Waals surface area contributed by atoms with Crippen LogP contribution in [0.1, 0.15) is 22.4 Å². The Kier molecular flexibility index (Phi) is 4.99. The van der Waals surface area contributed by atoms with Gasteiger partial charge in [0, 0.05) is 11.8 Å². The van der Waals surface area contributed by atoms with Crippen LogP contribution < -0.4 is 0 Å². The molecule has 0 radical (unpaired) electrons. The Labute approximate surface area is 158 Å². The minimum atomic E-state index is -4.53. The van der Waals surface area contributed by atoms with Crippen molar-refractivity contribution in [3.05, 3.63) is 81.1 Å². The molecule has 7 heteroatoms. The van der Waals surface area contributed by atoms with Crippen molar-refractivity contribution in [2.75, 3.05) is 0 Å². The molecule has 0 spiro atoms. The second-order valence-corrected chi connectivity index (χ2v) is 6.36. The van der Waals surface area contributed by atoms with Gasteiger partial charge in [-0.1, -0.05) is 46.8 Å². The molecule has 2 aromatic carbocycles. The second-order valence-electron chi connectivity index (χ2n) is 5.55. The van der Waals surface area contributed by atoms with Crippen molar-refractivity contribution in [2.45, 2.75) is 13.1 Å². The summed E-state index contributed by atoms with van der Waals surface area (Å²) in [5.41, 5.74) is 1.66. The lowest BCUT2D eigenvalue weighted by atomic mass is 10.1. The van der Waals surface area contributed by atoms with Crippen LogP contribution in [0.5, 0.6) is 0 Å². The first-order chi connectivity index (χ1) is 12.2. The van der Waals surface area contributed by atoms with E-state index in [1.807, 2.05) is 31.2 Å². The van der Waals surface area contributed by atoms with Gasteiger partial charge in [-0.15, -0.1) is 0 Å². The van der Waals surface area contributed by atoms with Crippen molar-refractivity contribution in [3.8, 4) is 17.5 Å². The number of aryl methyl sites for hydroxylation is 1. The van der Waals surface area contributed by atoms with Gasteiger partial charge in [-0.25, -0.2) is 4.68 Å². The first-order valence-electron chi connectivity index (χ1n) is 7.45. The Hall–Kier alpha value is -2.42. The number of hydrogen-bond acceptors (Lipinski definition) is 1. The van der Waals surface area contributed by atoms with Crippen LogP contribution in [0.15, 0.2) is 48.7 Å². The fourth-order valence-electron chi connectivity index (χ4n) is 2.24. The lowest BCUT2D eigenvalue weighted by molar-refractivity contribution is -0.137. The standard InChI is InChI=1S/C19H11Cl2F3N2/c1-12-2-4-13(5-3-12)6-7-15-8-9-26(25-15)18-16(20)10-14(11-17(18)21)19(22,23)24/h2-5,8-11H,1H3. The second kappa shape index (κ2) is 7.06. The van der Waals surface area contributed by atoms with Crippen LogP contribution in [-0.2, 0) is 6.18 Å². The fourth-order valence-corrected chi connectivity index (χ4v) is 2.90. The quantitative estimate of drug-likeness (QED) is 0.469. The predicted octanol–water partition coefficient (Wildman–Crippen LogP) is 5.91. The van der Waals surface area contributed by atoms with Gasteiger partial charge < -0.3 is 0 Å². The third-order valence-corrected chi connectivity index (χ3v) is 4.13. The summed E-state index contributed by atoms with van der Waals surface area (Å²) >= 11 is 12.0. The average Bonchev–Trinajstić information content (AvgIpc) is 3.01. The molecule has 26 heavy (non-hydrogen) atoms. The smallest absolute Gasteiger partial charge is 0.237 e. The number of benzene rings is 2. The number of nitrogens with zero attached hydrogens (tertiary/aromatic N) is 2. The number of halogens is 5. The molecule has 0 bridgehead atoms. The number of alkyl halides is 3. The van der Waals surface area contributed by atoms with Gasteiger partial charge in [0.2, 0.25) is 0 Å². The molecule has 0 aliphatic heterocycles. The number of rotatable bonds is 1. The van der Waals surface area contributed by atoms with Crippen LogP contribution in [0.3, 0.4) is 0 Å². The monoisotopic (exact) mass is 394 g/mol. The van der Waals surface area contributed by atoms with E-state index in [2.05, 4.69) is 16.9 Å². The summed E-state index contributed by atoms with van der Waals surface area (Å²) in [6.45, 7) is 1.98. The van der Waals surface area contributed by atoms with Crippen molar-refractivity contribution in [3.63, 3.8) is 0 Å². The molecule has 3 rings (SSSR count). The molecule has 3 aromatic rings. The molecule has 0 saturated carbocycles. The molecule has 0 N–H and O–H groups in total. The zero-order chi connectivity index (χ0) is 18.9. The molecule has 0 atom stereocenters. The Morgan fingerprint density at radius 3 is 2.15 bits per heavy atom. The maximum atomic E-state index is 12.8. The molecule has 0 unspecified atom stereocenters. The van der Waals surface area contributed by atoms with Gasteiger partial charge >= 0.3 is 6.18 Å². The normalized spacial score (nSPS) is 11.2. The summed E-state index contributed by atoms with van der Waals surface area (Å²) in [6, 6.07) is 11.0. The van der Waals surface area contributed by atoms with Crippen molar-refractivity contribution in [1.82, 2.24) is 9.78 Å². The number of aromatic nitrogens is 2. The van der Waals surface area contributed by atoms with Gasteiger partial charge in [0.05, 0.1) is 15.6 Å². The SMILES string of the molecule is Cc1ccc(C#Cc2ccn(-c3c(Cl)cc(C(F)(F)F)cc3Cl)n2)cc1. The van der Waals surface area contributed by atoms with E-state index in [-0.39, 0.29) is 15.7 Å². The maximum Gasteiger partial charge on any atom is 0.416 e. The first kappa shape index (κ1) is 18.4. The van der Waals surface area contributed by atoms with E-state index in [4.69, 9.17) is 23.2 Å². The fraction of sp³-hybridized carbons (Fsp3) is 0.105. The topological polar surface area (TPSA) is 17.8 Å². The highest BCUT2D eigenvalue weighted by atomic mass is 35.5. The predicted molar refractivity (Wildman–Crippen MR) is 95.7 cm³/mol.